The van der Waals surface area contributed by atoms with Gasteiger partial charge < -0.3 is 30.5 Å². The molecule has 1 fully saturated rings. The number of urea groups is 1. The van der Waals surface area contributed by atoms with Crippen molar-refractivity contribution < 1.29 is 34.1 Å². The van der Waals surface area contributed by atoms with Gasteiger partial charge in [-0.3, -0.25) is 4.79 Å². The SMILES string of the molecule is Cc1ccccc1NC(=O)Nc1ccc(CC(=O)N2CCCC2COc2ccc(C(=O)O)cc2C(=O)O)cc1. The lowest BCUT2D eigenvalue weighted by molar-refractivity contribution is -0.131. The smallest absolute Gasteiger partial charge is 0.339 e. The molecule has 3 aromatic rings. The number of para-hydroxylation sites is 1. The average Bonchev–Trinajstić information content (AvgIpc) is 3.38. The number of anilines is 2. The lowest BCUT2D eigenvalue weighted by Crippen LogP contribution is -2.40. The molecule has 4 N–H and O–H groups in total. The van der Waals surface area contributed by atoms with Crippen molar-refractivity contribution in [3.63, 3.8) is 0 Å². The zero-order chi connectivity index (χ0) is 27.9. The maximum absolute atomic E-state index is 13.1. The molecule has 1 unspecified atom stereocenters. The van der Waals surface area contributed by atoms with Gasteiger partial charge in [-0.15, -0.1) is 0 Å². The number of benzene rings is 3. The van der Waals surface area contributed by atoms with Gasteiger partial charge in [-0.25, -0.2) is 14.4 Å². The Bertz CT molecular complexity index is 1390. The van der Waals surface area contributed by atoms with E-state index in [9.17, 15) is 24.3 Å². The highest BCUT2D eigenvalue weighted by atomic mass is 16.5. The Balaban J connectivity index is 1.32. The predicted molar refractivity (Wildman–Crippen MR) is 145 cm³/mol. The van der Waals surface area contributed by atoms with Crippen LogP contribution in [0.2, 0.25) is 0 Å². The van der Waals surface area contributed by atoms with Gasteiger partial charge in [-0.05, 0) is 67.3 Å². The summed E-state index contributed by atoms with van der Waals surface area (Å²) in [6.45, 7) is 2.57. The maximum atomic E-state index is 13.1. The molecule has 3 aromatic carbocycles. The zero-order valence-corrected chi connectivity index (χ0v) is 21.3. The molecule has 0 bridgehead atoms. The minimum atomic E-state index is -1.29. The Morgan fingerprint density at radius 3 is 2.38 bits per heavy atom. The van der Waals surface area contributed by atoms with Gasteiger partial charge >= 0.3 is 18.0 Å². The van der Waals surface area contributed by atoms with Crippen molar-refractivity contribution in [3.05, 3.63) is 89.0 Å². The third-order valence-electron chi connectivity index (χ3n) is 6.55. The van der Waals surface area contributed by atoms with E-state index in [1.165, 1.54) is 12.1 Å². The van der Waals surface area contributed by atoms with Crippen LogP contribution in [0.15, 0.2) is 66.7 Å². The summed E-state index contributed by atoms with van der Waals surface area (Å²) >= 11 is 0. The van der Waals surface area contributed by atoms with Crippen LogP contribution in [0, 0.1) is 6.92 Å². The molecule has 3 amide bonds. The average molecular weight is 532 g/mol. The quantitative estimate of drug-likeness (QED) is 0.314. The van der Waals surface area contributed by atoms with Gasteiger partial charge in [-0.1, -0.05) is 30.3 Å². The number of aromatic carboxylic acids is 2. The number of amides is 3. The van der Waals surface area contributed by atoms with Gasteiger partial charge in [0, 0.05) is 17.9 Å². The van der Waals surface area contributed by atoms with E-state index in [1.54, 1.807) is 29.2 Å². The molecule has 10 nitrogen and oxygen atoms in total. The second-order valence-electron chi connectivity index (χ2n) is 9.28. The Kier molecular flexibility index (Phi) is 8.45. The van der Waals surface area contributed by atoms with Crippen LogP contribution in [0.4, 0.5) is 16.2 Å². The number of hydrogen-bond donors (Lipinski definition) is 4. The molecule has 1 aliphatic heterocycles. The third-order valence-corrected chi connectivity index (χ3v) is 6.55. The van der Waals surface area contributed by atoms with Crippen LogP contribution in [0.25, 0.3) is 0 Å². The van der Waals surface area contributed by atoms with Gasteiger partial charge in [0.15, 0.2) is 0 Å². The standard InChI is InChI=1S/C29H29N3O7/c1-18-5-2-3-7-24(18)31-29(38)30-21-11-8-19(9-12-21)15-26(33)32-14-4-6-22(32)17-39-25-13-10-20(27(34)35)16-23(25)28(36)37/h2-3,5,7-13,16,22H,4,6,14-15,17H2,1H3,(H,34,35)(H,36,37)(H2,30,31,38). The molecule has 39 heavy (non-hydrogen) atoms. The van der Waals surface area contributed by atoms with Crippen molar-refractivity contribution in [1.82, 2.24) is 4.90 Å². The van der Waals surface area contributed by atoms with E-state index >= 15 is 0 Å². The zero-order valence-electron chi connectivity index (χ0n) is 21.3. The molecule has 0 radical (unpaired) electrons. The lowest BCUT2D eigenvalue weighted by Gasteiger charge is -2.25. The summed E-state index contributed by atoms with van der Waals surface area (Å²) < 4.78 is 5.74. The second kappa shape index (κ2) is 12.1. The van der Waals surface area contributed by atoms with E-state index in [2.05, 4.69) is 10.6 Å². The summed E-state index contributed by atoms with van der Waals surface area (Å²) in [4.78, 5) is 49.9. The van der Waals surface area contributed by atoms with E-state index in [0.29, 0.717) is 18.7 Å². The van der Waals surface area contributed by atoms with Crippen LogP contribution < -0.4 is 15.4 Å². The first kappa shape index (κ1) is 27.2. The Labute approximate surface area is 225 Å². The Hall–Kier alpha value is -4.86. The third kappa shape index (κ3) is 6.92. The molecule has 0 spiro atoms. The van der Waals surface area contributed by atoms with Crippen molar-refractivity contribution in [3.8, 4) is 5.75 Å². The van der Waals surface area contributed by atoms with Crippen molar-refractivity contribution in [2.24, 2.45) is 0 Å². The van der Waals surface area contributed by atoms with E-state index in [4.69, 9.17) is 9.84 Å². The number of carbonyl (C=O) groups excluding carboxylic acids is 2. The molecule has 0 aliphatic carbocycles. The van der Waals surface area contributed by atoms with Gasteiger partial charge in [0.05, 0.1) is 18.0 Å². The van der Waals surface area contributed by atoms with Crippen LogP contribution >= 0.6 is 0 Å². The number of carbonyl (C=O) groups is 4. The number of ether oxygens (including phenoxy) is 1. The molecule has 1 aliphatic rings. The number of likely N-dealkylation sites (tertiary alicyclic amines) is 1. The highest BCUT2D eigenvalue weighted by Gasteiger charge is 2.29. The number of hydrogen-bond acceptors (Lipinski definition) is 5. The van der Waals surface area contributed by atoms with Crippen LogP contribution in [0.1, 0.15) is 44.7 Å². The van der Waals surface area contributed by atoms with Gasteiger partial charge in [0.1, 0.15) is 17.9 Å². The van der Waals surface area contributed by atoms with Gasteiger partial charge in [0.25, 0.3) is 0 Å². The fourth-order valence-electron chi connectivity index (χ4n) is 4.46. The number of nitrogens with zero attached hydrogens (tertiary/aromatic N) is 1. The fraction of sp³-hybridized carbons (Fsp3) is 0.241. The van der Waals surface area contributed by atoms with Crippen LogP contribution in [0.3, 0.4) is 0 Å². The van der Waals surface area contributed by atoms with Crippen molar-refractivity contribution >= 4 is 35.3 Å². The molecule has 1 atom stereocenters. The topological polar surface area (TPSA) is 145 Å². The Morgan fingerprint density at radius 2 is 1.69 bits per heavy atom. The molecule has 10 heteroatoms. The molecule has 0 saturated carbocycles. The van der Waals surface area contributed by atoms with E-state index in [-0.39, 0.29) is 47.9 Å². The van der Waals surface area contributed by atoms with Crippen LogP contribution in [0.5, 0.6) is 5.75 Å². The highest BCUT2D eigenvalue weighted by molar-refractivity contribution is 6.00. The van der Waals surface area contributed by atoms with E-state index in [0.717, 1.165) is 29.3 Å². The van der Waals surface area contributed by atoms with Crippen molar-refractivity contribution in [2.45, 2.75) is 32.2 Å². The molecule has 0 aromatic heterocycles. The number of nitrogens with one attached hydrogen (secondary N) is 2. The number of carboxylic acid groups (broad SMARTS) is 2. The summed E-state index contributed by atoms with van der Waals surface area (Å²) in [6.07, 6.45) is 1.67. The maximum Gasteiger partial charge on any atom is 0.339 e. The normalized spacial score (nSPS) is 14.5. The van der Waals surface area contributed by atoms with Gasteiger partial charge in [0.2, 0.25) is 5.91 Å². The number of aryl methyl sites for hydroxylation is 1. The first-order valence-electron chi connectivity index (χ1n) is 12.5. The number of carboxylic acids is 2. The summed E-state index contributed by atoms with van der Waals surface area (Å²) in [5.74, 6) is -2.55. The molecule has 1 heterocycles. The second-order valence-corrected chi connectivity index (χ2v) is 9.28. The summed E-state index contributed by atoms with van der Waals surface area (Å²) in [5, 5.41) is 24.2. The lowest BCUT2D eigenvalue weighted by atomic mass is 10.1. The fourth-order valence-corrected chi connectivity index (χ4v) is 4.46. The minimum Gasteiger partial charge on any atom is -0.491 e. The van der Waals surface area contributed by atoms with Crippen molar-refractivity contribution in [1.29, 1.82) is 0 Å². The molecular formula is C29H29N3O7. The van der Waals surface area contributed by atoms with Crippen LogP contribution in [-0.4, -0.2) is 58.2 Å². The van der Waals surface area contributed by atoms with Gasteiger partial charge in [-0.2, -0.15) is 0 Å². The molecule has 4 rings (SSSR count). The van der Waals surface area contributed by atoms with Crippen LogP contribution in [-0.2, 0) is 11.2 Å². The first-order valence-corrected chi connectivity index (χ1v) is 12.5. The molecule has 202 valence electrons. The first-order chi connectivity index (χ1) is 18.7. The monoisotopic (exact) mass is 531 g/mol. The summed E-state index contributed by atoms with van der Waals surface area (Å²) in [5.41, 5.74) is 2.66. The van der Waals surface area contributed by atoms with Crippen molar-refractivity contribution in [2.75, 3.05) is 23.8 Å². The Morgan fingerprint density at radius 1 is 0.949 bits per heavy atom. The predicted octanol–water partition coefficient (Wildman–Crippen LogP) is 4.65. The highest BCUT2D eigenvalue weighted by Crippen LogP contribution is 2.24. The summed E-state index contributed by atoms with van der Waals surface area (Å²) in [6, 6.07) is 17.6. The molecular weight excluding hydrogens is 502 g/mol. The van der Waals surface area contributed by atoms with E-state index in [1.807, 2.05) is 31.2 Å². The molecule has 1 saturated heterocycles. The minimum absolute atomic E-state index is 0.0568. The summed E-state index contributed by atoms with van der Waals surface area (Å²) in [7, 11) is 0. The largest absolute Gasteiger partial charge is 0.491 e. The van der Waals surface area contributed by atoms with E-state index < -0.39 is 11.9 Å². The number of rotatable bonds is 9.